The topological polar surface area (TPSA) is 0 Å². The van der Waals surface area contributed by atoms with E-state index in [0.29, 0.717) is 4.71 Å². The first-order valence-electron chi connectivity index (χ1n) is 5.59. The second kappa shape index (κ2) is 5.36. The molecule has 0 saturated carbocycles. The van der Waals surface area contributed by atoms with Crippen molar-refractivity contribution < 1.29 is 0 Å². The average molecular weight is 271 g/mol. The molecular weight excluding hydrogens is 255 g/mol. The zero-order valence-corrected chi connectivity index (χ0v) is 11.6. The van der Waals surface area contributed by atoms with Crippen LogP contribution in [0.2, 0.25) is 0 Å². The monoisotopic (exact) mass is 271 g/mol. The molecule has 0 aliphatic carbocycles. The van der Waals surface area contributed by atoms with Crippen LogP contribution in [-0.4, -0.2) is 15.8 Å². The van der Waals surface area contributed by atoms with Gasteiger partial charge in [0.05, 0.1) is 0 Å². The molecule has 0 aliphatic rings. The summed E-state index contributed by atoms with van der Waals surface area (Å²) in [7, 11) is 0. The van der Waals surface area contributed by atoms with Crippen molar-refractivity contribution in [3.8, 4) is 0 Å². The van der Waals surface area contributed by atoms with Crippen molar-refractivity contribution in [2.24, 2.45) is 0 Å². The van der Waals surface area contributed by atoms with Gasteiger partial charge in [-0.05, 0) is 0 Å². The molecule has 2 rings (SSSR count). The minimum atomic E-state index is 0.220. The van der Waals surface area contributed by atoms with E-state index in [2.05, 4.69) is 68.4 Å². The van der Waals surface area contributed by atoms with E-state index in [4.69, 9.17) is 0 Å². The van der Waals surface area contributed by atoms with Gasteiger partial charge in [-0.1, -0.05) is 0 Å². The molecule has 1 radical (unpaired) electrons. The van der Waals surface area contributed by atoms with Crippen LogP contribution in [0.4, 0.5) is 0 Å². The Hall–Kier alpha value is -1.00. The first kappa shape index (κ1) is 11.5. The van der Waals surface area contributed by atoms with Crippen LogP contribution in [0.25, 0.3) is 0 Å². The molecule has 81 valence electrons. The third-order valence-electron chi connectivity index (χ3n) is 2.73. The van der Waals surface area contributed by atoms with Crippen molar-refractivity contribution in [3.05, 3.63) is 65.7 Å². The summed E-state index contributed by atoms with van der Waals surface area (Å²) in [6.07, 6.45) is 0. The number of hydrogen-bond acceptors (Lipinski definition) is 0. The molecule has 1 heteroatoms. The summed E-state index contributed by atoms with van der Waals surface area (Å²) in [5, 5.41) is 0. The summed E-state index contributed by atoms with van der Waals surface area (Å²) < 4.78 is 2.23. The summed E-state index contributed by atoms with van der Waals surface area (Å²) in [5.41, 5.74) is 2.90. The first-order chi connectivity index (χ1) is 7.77. The fraction of sp³-hybridized carbons (Fsp3) is 0.200. The van der Waals surface area contributed by atoms with Crippen LogP contribution in [-0.2, 0) is 0 Å². The normalized spacial score (nSPS) is 13.1. The Morgan fingerprint density at radius 3 is 2.19 bits per heavy atom. The van der Waals surface area contributed by atoms with E-state index in [1.807, 2.05) is 0 Å². The molecular formula is C15H16As. The van der Waals surface area contributed by atoms with Crippen molar-refractivity contribution in [3.63, 3.8) is 0 Å². The Morgan fingerprint density at radius 1 is 0.875 bits per heavy atom. The van der Waals surface area contributed by atoms with Crippen molar-refractivity contribution in [2.45, 2.75) is 18.6 Å². The second-order valence-corrected chi connectivity index (χ2v) is 7.18. The molecule has 0 N–H and O–H groups in total. The quantitative estimate of drug-likeness (QED) is 0.753. The molecule has 0 spiro atoms. The van der Waals surface area contributed by atoms with Gasteiger partial charge in [0.15, 0.2) is 0 Å². The van der Waals surface area contributed by atoms with E-state index < -0.39 is 0 Å². The number of rotatable bonds is 3. The minimum absolute atomic E-state index is 0.220. The van der Waals surface area contributed by atoms with Crippen molar-refractivity contribution in [1.82, 2.24) is 0 Å². The second-order valence-electron chi connectivity index (χ2n) is 4.00. The SMILES string of the molecule is Cc1ccccc1[As]C(C)c1ccccc1. The van der Waals surface area contributed by atoms with Crippen LogP contribution in [0.5, 0.6) is 0 Å². The predicted octanol–water partition coefficient (Wildman–Crippen LogP) is 3.09. The number of benzene rings is 2. The summed E-state index contributed by atoms with van der Waals surface area (Å²) >= 11 is 0.220. The first-order valence-corrected chi connectivity index (χ1v) is 7.61. The van der Waals surface area contributed by atoms with Gasteiger partial charge < -0.3 is 0 Å². The number of hydrogen-bond donors (Lipinski definition) is 0. The molecule has 0 amide bonds. The summed E-state index contributed by atoms with van der Waals surface area (Å²) in [4.78, 5) is 0. The summed E-state index contributed by atoms with van der Waals surface area (Å²) in [6.45, 7) is 4.55. The van der Waals surface area contributed by atoms with Gasteiger partial charge in [-0.2, -0.15) is 0 Å². The van der Waals surface area contributed by atoms with Gasteiger partial charge in [0, 0.05) is 0 Å². The molecule has 0 heterocycles. The van der Waals surface area contributed by atoms with Gasteiger partial charge in [0.2, 0.25) is 0 Å². The average Bonchev–Trinajstić information content (AvgIpc) is 2.33. The molecule has 2 aromatic carbocycles. The summed E-state index contributed by atoms with van der Waals surface area (Å²) in [5.74, 6) is 0. The molecule has 1 atom stereocenters. The fourth-order valence-corrected chi connectivity index (χ4v) is 4.22. The van der Waals surface area contributed by atoms with Gasteiger partial charge >= 0.3 is 104 Å². The van der Waals surface area contributed by atoms with Crippen LogP contribution in [0, 0.1) is 6.92 Å². The molecule has 0 nitrogen and oxygen atoms in total. The van der Waals surface area contributed by atoms with Crippen molar-refractivity contribution in [2.75, 3.05) is 0 Å². The Balaban J connectivity index is 2.14. The van der Waals surface area contributed by atoms with Gasteiger partial charge in [-0.15, -0.1) is 0 Å². The Bertz CT molecular complexity index is 448. The van der Waals surface area contributed by atoms with Gasteiger partial charge in [0.25, 0.3) is 0 Å². The molecule has 0 bridgehead atoms. The van der Waals surface area contributed by atoms with E-state index in [0.717, 1.165) is 0 Å². The zero-order chi connectivity index (χ0) is 11.4. The van der Waals surface area contributed by atoms with E-state index in [9.17, 15) is 0 Å². The maximum absolute atomic E-state index is 2.34. The molecule has 0 aliphatic heterocycles. The van der Waals surface area contributed by atoms with Gasteiger partial charge in [-0.3, -0.25) is 0 Å². The van der Waals surface area contributed by atoms with Crippen LogP contribution in [0.15, 0.2) is 54.6 Å². The Morgan fingerprint density at radius 2 is 1.50 bits per heavy atom. The van der Waals surface area contributed by atoms with Crippen molar-refractivity contribution in [1.29, 1.82) is 0 Å². The third kappa shape index (κ3) is 2.77. The molecule has 0 aromatic heterocycles. The molecule has 0 fully saturated rings. The van der Waals surface area contributed by atoms with Crippen LogP contribution >= 0.6 is 0 Å². The van der Waals surface area contributed by atoms with E-state index in [-0.39, 0.29) is 15.8 Å². The third-order valence-corrected chi connectivity index (χ3v) is 5.80. The predicted molar refractivity (Wildman–Crippen MR) is 71.4 cm³/mol. The van der Waals surface area contributed by atoms with E-state index in [1.54, 1.807) is 4.35 Å². The summed E-state index contributed by atoms with van der Waals surface area (Å²) in [6, 6.07) is 19.6. The fourth-order valence-electron chi connectivity index (χ4n) is 1.72. The Labute approximate surface area is 104 Å². The molecule has 0 saturated heterocycles. The zero-order valence-electron chi connectivity index (χ0n) is 9.72. The van der Waals surface area contributed by atoms with Gasteiger partial charge in [-0.25, -0.2) is 0 Å². The van der Waals surface area contributed by atoms with Crippen LogP contribution in [0.1, 0.15) is 22.8 Å². The van der Waals surface area contributed by atoms with E-state index in [1.165, 1.54) is 11.1 Å². The molecule has 16 heavy (non-hydrogen) atoms. The molecule has 1 unspecified atom stereocenters. The van der Waals surface area contributed by atoms with Gasteiger partial charge in [0.1, 0.15) is 0 Å². The Kier molecular flexibility index (Phi) is 3.85. The standard InChI is InChI=1S/C15H16As/c1-12-8-6-7-11-15(12)16-13(2)14-9-4-3-5-10-14/h3-11,13H,1-2H3. The van der Waals surface area contributed by atoms with Crippen LogP contribution < -0.4 is 4.35 Å². The molecule has 2 aromatic rings. The maximum atomic E-state index is 2.34. The van der Waals surface area contributed by atoms with E-state index >= 15 is 0 Å². The van der Waals surface area contributed by atoms with Crippen molar-refractivity contribution >= 4 is 20.1 Å². The number of aryl methyl sites for hydroxylation is 1. The van der Waals surface area contributed by atoms with Crippen LogP contribution in [0.3, 0.4) is 0 Å².